The number of aliphatic carboxylic acids is 1. The van der Waals surface area contributed by atoms with E-state index in [1.807, 2.05) is 36.4 Å². The molecule has 0 aliphatic carbocycles. The van der Waals surface area contributed by atoms with E-state index in [9.17, 15) is 4.79 Å². The Morgan fingerprint density at radius 2 is 1.87 bits per heavy atom. The van der Waals surface area contributed by atoms with Crippen molar-refractivity contribution in [2.45, 2.75) is 13.3 Å². The van der Waals surface area contributed by atoms with Crippen LogP contribution in [-0.4, -0.2) is 26.3 Å². The van der Waals surface area contributed by atoms with Crippen molar-refractivity contribution < 1.29 is 9.90 Å². The number of H-pyrrole nitrogens is 1. The number of rotatable bonds is 6. The smallest absolute Gasteiger partial charge is 0.328 e. The molecule has 5 nitrogen and oxygen atoms in total. The predicted molar refractivity (Wildman–Crippen MR) is 125 cm³/mol. The molecular formula is C25H20ClN3O2. The fourth-order valence-electron chi connectivity index (χ4n) is 3.66. The van der Waals surface area contributed by atoms with Crippen molar-refractivity contribution in [3.8, 4) is 0 Å². The molecule has 0 saturated heterocycles. The van der Waals surface area contributed by atoms with Gasteiger partial charge in [0, 0.05) is 23.9 Å². The highest BCUT2D eigenvalue weighted by Crippen LogP contribution is 2.37. The molecule has 0 amide bonds. The van der Waals surface area contributed by atoms with Crippen LogP contribution in [0.4, 0.5) is 0 Å². The Balaban J connectivity index is 1.92. The SMILES string of the molecule is CC/C(=C(/c1ccc(/C=C/C(=O)O)cc1)c1ccc2[nH]ncc2c1)c1ccncc1Cl. The normalized spacial score (nSPS) is 12.3. The number of pyridine rings is 1. The van der Waals surface area contributed by atoms with E-state index in [2.05, 4.69) is 34.2 Å². The molecule has 0 aliphatic rings. The van der Waals surface area contributed by atoms with Gasteiger partial charge in [-0.05, 0) is 64.1 Å². The zero-order valence-electron chi connectivity index (χ0n) is 16.8. The van der Waals surface area contributed by atoms with E-state index in [0.29, 0.717) is 5.02 Å². The van der Waals surface area contributed by atoms with Crippen LogP contribution < -0.4 is 0 Å². The molecule has 0 saturated carbocycles. The lowest BCUT2D eigenvalue weighted by atomic mass is 9.88. The van der Waals surface area contributed by atoms with Gasteiger partial charge in [-0.3, -0.25) is 10.1 Å². The van der Waals surface area contributed by atoms with Gasteiger partial charge in [0.1, 0.15) is 0 Å². The summed E-state index contributed by atoms with van der Waals surface area (Å²) in [5.41, 5.74) is 6.95. The van der Waals surface area contributed by atoms with Crippen molar-refractivity contribution in [3.05, 3.63) is 100 Å². The maximum absolute atomic E-state index is 10.8. The first-order chi connectivity index (χ1) is 15.1. The number of hydrogen-bond acceptors (Lipinski definition) is 3. The summed E-state index contributed by atoms with van der Waals surface area (Å²) in [6.07, 6.45) is 8.68. The van der Waals surface area contributed by atoms with Gasteiger partial charge < -0.3 is 5.11 Å². The number of nitrogens with zero attached hydrogens (tertiary/aromatic N) is 2. The zero-order chi connectivity index (χ0) is 21.8. The monoisotopic (exact) mass is 429 g/mol. The minimum absolute atomic E-state index is 0.599. The summed E-state index contributed by atoms with van der Waals surface area (Å²) in [6.45, 7) is 2.10. The van der Waals surface area contributed by atoms with E-state index in [0.717, 1.165) is 56.8 Å². The third kappa shape index (κ3) is 4.42. The van der Waals surface area contributed by atoms with Gasteiger partial charge in [0.05, 0.1) is 16.7 Å². The number of hydrogen-bond donors (Lipinski definition) is 2. The molecule has 2 N–H and O–H groups in total. The first-order valence-corrected chi connectivity index (χ1v) is 10.2. The van der Waals surface area contributed by atoms with E-state index in [-0.39, 0.29) is 0 Å². The van der Waals surface area contributed by atoms with Crippen LogP contribution in [-0.2, 0) is 4.79 Å². The molecule has 2 aromatic carbocycles. The third-order valence-electron chi connectivity index (χ3n) is 5.10. The lowest BCUT2D eigenvalue weighted by Gasteiger charge is -2.17. The second-order valence-electron chi connectivity index (χ2n) is 7.03. The van der Waals surface area contributed by atoms with Gasteiger partial charge >= 0.3 is 5.97 Å². The Labute approximate surface area is 184 Å². The average Bonchev–Trinajstić information content (AvgIpc) is 3.25. The van der Waals surface area contributed by atoms with Crippen LogP contribution in [0.25, 0.3) is 28.1 Å². The van der Waals surface area contributed by atoms with Crippen molar-refractivity contribution in [3.63, 3.8) is 0 Å². The van der Waals surface area contributed by atoms with E-state index < -0.39 is 5.97 Å². The summed E-state index contributed by atoms with van der Waals surface area (Å²) >= 11 is 6.51. The van der Waals surface area contributed by atoms with Crippen LogP contribution in [0, 0.1) is 0 Å². The summed E-state index contributed by atoms with van der Waals surface area (Å²) in [4.78, 5) is 14.9. The molecule has 0 spiro atoms. The van der Waals surface area contributed by atoms with Crippen LogP contribution in [0.2, 0.25) is 5.02 Å². The average molecular weight is 430 g/mol. The van der Waals surface area contributed by atoms with E-state index in [4.69, 9.17) is 16.7 Å². The Kier molecular flexibility index (Phi) is 5.96. The molecule has 0 atom stereocenters. The number of halogens is 1. The van der Waals surface area contributed by atoms with Gasteiger partial charge in [0.25, 0.3) is 0 Å². The summed E-state index contributed by atoms with van der Waals surface area (Å²) < 4.78 is 0. The summed E-state index contributed by atoms with van der Waals surface area (Å²) in [5, 5.41) is 17.6. The summed E-state index contributed by atoms with van der Waals surface area (Å²) in [6, 6.07) is 15.9. The molecule has 0 bridgehead atoms. The number of aromatic nitrogens is 3. The maximum Gasteiger partial charge on any atom is 0.328 e. The molecule has 6 heteroatoms. The quantitative estimate of drug-likeness (QED) is 0.364. The van der Waals surface area contributed by atoms with Crippen LogP contribution in [0.3, 0.4) is 0 Å². The second-order valence-corrected chi connectivity index (χ2v) is 7.44. The number of carboxylic acid groups (broad SMARTS) is 1. The maximum atomic E-state index is 10.8. The van der Waals surface area contributed by atoms with Gasteiger partial charge in [-0.15, -0.1) is 0 Å². The molecule has 4 aromatic rings. The molecule has 2 aromatic heterocycles. The Morgan fingerprint density at radius 1 is 1.10 bits per heavy atom. The van der Waals surface area contributed by atoms with E-state index in [1.165, 1.54) is 0 Å². The van der Waals surface area contributed by atoms with Crippen LogP contribution >= 0.6 is 11.6 Å². The zero-order valence-corrected chi connectivity index (χ0v) is 17.6. The Morgan fingerprint density at radius 3 is 2.58 bits per heavy atom. The fourth-order valence-corrected chi connectivity index (χ4v) is 3.90. The molecule has 154 valence electrons. The topological polar surface area (TPSA) is 78.9 Å². The summed E-state index contributed by atoms with van der Waals surface area (Å²) in [7, 11) is 0. The minimum atomic E-state index is -0.973. The molecule has 0 aliphatic heterocycles. The highest BCUT2D eigenvalue weighted by atomic mass is 35.5. The lowest BCUT2D eigenvalue weighted by Crippen LogP contribution is -1.96. The van der Waals surface area contributed by atoms with Crippen molar-refractivity contribution in [1.29, 1.82) is 0 Å². The first kappa shape index (κ1) is 20.6. The molecule has 4 rings (SSSR count). The number of carbonyl (C=O) groups is 1. The fraction of sp³-hybridized carbons (Fsp3) is 0.0800. The van der Waals surface area contributed by atoms with Gasteiger partial charge in [0.2, 0.25) is 0 Å². The predicted octanol–water partition coefficient (Wildman–Crippen LogP) is 6.08. The first-order valence-electron chi connectivity index (χ1n) is 9.85. The van der Waals surface area contributed by atoms with Gasteiger partial charge in [0.15, 0.2) is 0 Å². The molecule has 0 radical (unpaired) electrons. The van der Waals surface area contributed by atoms with E-state index in [1.54, 1.807) is 24.7 Å². The lowest BCUT2D eigenvalue weighted by molar-refractivity contribution is -0.131. The molecular weight excluding hydrogens is 410 g/mol. The molecule has 2 heterocycles. The van der Waals surface area contributed by atoms with Gasteiger partial charge in [-0.25, -0.2) is 4.79 Å². The van der Waals surface area contributed by atoms with Gasteiger partial charge in [-0.2, -0.15) is 5.10 Å². The third-order valence-corrected chi connectivity index (χ3v) is 5.40. The number of nitrogens with one attached hydrogen (secondary N) is 1. The van der Waals surface area contributed by atoms with Crippen molar-refractivity contribution >= 4 is 45.7 Å². The number of carboxylic acids is 1. The standard InChI is InChI=1S/C25H20ClN3O2/c1-2-20(21-11-12-27-15-22(21)26)25(18-8-9-23-19(13-18)14-28-29-23)17-6-3-16(4-7-17)5-10-24(30)31/h3-15H,2H2,1H3,(H,28,29)(H,30,31)/b10-5+,25-20+. The molecule has 31 heavy (non-hydrogen) atoms. The van der Waals surface area contributed by atoms with Crippen molar-refractivity contribution in [2.75, 3.05) is 0 Å². The van der Waals surface area contributed by atoms with Gasteiger partial charge in [-0.1, -0.05) is 48.9 Å². The number of aromatic amines is 1. The number of allylic oxidation sites excluding steroid dienone is 1. The van der Waals surface area contributed by atoms with Crippen LogP contribution in [0.1, 0.15) is 35.6 Å². The number of fused-ring (bicyclic) bond motifs is 1. The highest BCUT2D eigenvalue weighted by molar-refractivity contribution is 6.32. The van der Waals surface area contributed by atoms with Crippen LogP contribution in [0.15, 0.2) is 73.2 Å². The van der Waals surface area contributed by atoms with Crippen LogP contribution in [0.5, 0.6) is 0 Å². The Hall–Kier alpha value is -3.70. The van der Waals surface area contributed by atoms with Crippen molar-refractivity contribution in [1.82, 2.24) is 15.2 Å². The highest BCUT2D eigenvalue weighted by Gasteiger charge is 2.16. The van der Waals surface area contributed by atoms with E-state index >= 15 is 0 Å². The molecule has 0 fully saturated rings. The largest absolute Gasteiger partial charge is 0.478 e. The Bertz CT molecular complexity index is 1300. The molecule has 0 unspecified atom stereocenters. The summed E-state index contributed by atoms with van der Waals surface area (Å²) in [5.74, 6) is -0.973. The second kappa shape index (κ2) is 8.98. The number of benzene rings is 2. The minimum Gasteiger partial charge on any atom is -0.478 e. The van der Waals surface area contributed by atoms with Crippen molar-refractivity contribution in [2.24, 2.45) is 0 Å².